The molecule has 3 N–H and O–H groups in total. The van der Waals surface area contributed by atoms with E-state index in [0.717, 1.165) is 18.4 Å². The number of carboxylic acid groups (broad SMARTS) is 1. The van der Waals surface area contributed by atoms with Crippen LogP contribution in [0.1, 0.15) is 35.7 Å². The molecule has 0 saturated carbocycles. The lowest BCUT2D eigenvalue weighted by molar-refractivity contribution is 0.0696. The van der Waals surface area contributed by atoms with Gasteiger partial charge in [-0.3, -0.25) is 0 Å². The quantitative estimate of drug-likeness (QED) is 0.608. The molecule has 1 aromatic rings. The first-order valence-corrected chi connectivity index (χ1v) is 7.05. The maximum absolute atomic E-state index is 11.5. The van der Waals surface area contributed by atoms with Crippen LogP contribution >= 0.6 is 0 Å². The summed E-state index contributed by atoms with van der Waals surface area (Å²) in [5.41, 5.74) is 0.947. The second-order valence-electron chi connectivity index (χ2n) is 4.58. The Bertz CT molecular complexity index is 463. The molecular weight excluding hydrogens is 272 g/mol. The summed E-state index contributed by atoms with van der Waals surface area (Å²) in [5.74, 6) is -0.981. The third kappa shape index (κ3) is 7.31. The van der Waals surface area contributed by atoms with E-state index in [2.05, 4.69) is 17.6 Å². The average Bonchev–Trinajstić information content (AvgIpc) is 2.49. The van der Waals surface area contributed by atoms with Gasteiger partial charge in [-0.15, -0.1) is 0 Å². The summed E-state index contributed by atoms with van der Waals surface area (Å²) >= 11 is 0. The van der Waals surface area contributed by atoms with Crippen LogP contribution in [0.3, 0.4) is 0 Å². The third-order valence-electron chi connectivity index (χ3n) is 2.80. The Hall–Kier alpha value is -2.08. The van der Waals surface area contributed by atoms with E-state index < -0.39 is 5.97 Å². The van der Waals surface area contributed by atoms with Gasteiger partial charge in [-0.05, 0) is 24.1 Å². The first-order valence-electron chi connectivity index (χ1n) is 7.05. The smallest absolute Gasteiger partial charge is 0.335 e. The number of benzene rings is 1. The maximum Gasteiger partial charge on any atom is 0.335 e. The largest absolute Gasteiger partial charge is 0.478 e. The topological polar surface area (TPSA) is 87.7 Å². The van der Waals surface area contributed by atoms with Crippen LogP contribution in [0.15, 0.2) is 24.3 Å². The number of carbonyl (C=O) groups excluding carboxylic acids is 1. The van der Waals surface area contributed by atoms with Crippen LogP contribution in [-0.4, -0.2) is 36.9 Å². The highest BCUT2D eigenvalue weighted by atomic mass is 16.5. The van der Waals surface area contributed by atoms with Crippen LogP contribution in [-0.2, 0) is 11.3 Å². The van der Waals surface area contributed by atoms with Gasteiger partial charge in [0, 0.05) is 19.7 Å². The summed E-state index contributed by atoms with van der Waals surface area (Å²) in [5, 5.41) is 14.2. The fourth-order valence-electron chi connectivity index (χ4n) is 1.64. The lowest BCUT2D eigenvalue weighted by Crippen LogP contribution is -2.37. The van der Waals surface area contributed by atoms with Gasteiger partial charge in [-0.2, -0.15) is 0 Å². The van der Waals surface area contributed by atoms with Gasteiger partial charge in [-0.1, -0.05) is 25.5 Å². The van der Waals surface area contributed by atoms with Gasteiger partial charge in [0.1, 0.15) is 0 Å². The summed E-state index contributed by atoms with van der Waals surface area (Å²) < 4.78 is 5.32. The SMILES string of the molecule is CCCCOCCNC(=O)NCc1cccc(C(=O)O)c1. The zero-order valence-electron chi connectivity index (χ0n) is 12.2. The van der Waals surface area contributed by atoms with Crippen LogP contribution in [0.4, 0.5) is 4.79 Å². The minimum Gasteiger partial charge on any atom is -0.478 e. The fraction of sp³-hybridized carbons (Fsp3) is 0.467. The molecule has 0 radical (unpaired) electrons. The fourth-order valence-corrected chi connectivity index (χ4v) is 1.64. The van der Waals surface area contributed by atoms with Crippen molar-refractivity contribution in [2.75, 3.05) is 19.8 Å². The van der Waals surface area contributed by atoms with Crippen molar-refractivity contribution in [1.29, 1.82) is 0 Å². The summed E-state index contributed by atoms with van der Waals surface area (Å²) in [4.78, 5) is 22.4. The number of amides is 2. The monoisotopic (exact) mass is 294 g/mol. The number of ether oxygens (including phenoxy) is 1. The number of carboxylic acids is 1. The van der Waals surface area contributed by atoms with Crippen LogP contribution in [0.2, 0.25) is 0 Å². The van der Waals surface area contributed by atoms with Gasteiger partial charge in [0.2, 0.25) is 0 Å². The highest BCUT2D eigenvalue weighted by Crippen LogP contribution is 2.04. The minimum atomic E-state index is -0.981. The molecule has 6 nitrogen and oxygen atoms in total. The average molecular weight is 294 g/mol. The van der Waals surface area contributed by atoms with Crippen molar-refractivity contribution in [2.45, 2.75) is 26.3 Å². The van der Waals surface area contributed by atoms with E-state index in [1.165, 1.54) is 12.1 Å². The van der Waals surface area contributed by atoms with E-state index in [1.807, 2.05) is 0 Å². The Morgan fingerprint density at radius 2 is 2.05 bits per heavy atom. The van der Waals surface area contributed by atoms with E-state index in [0.29, 0.717) is 19.8 Å². The summed E-state index contributed by atoms with van der Waals surface area (Å²) in [6, 6.07) is 6.17. The highest BCUT2D eigenvalue weighted by Gasteiger charge is 2.04. The van der Waals surface area contributed by atoms with Crippen molar-refractivity contribution in [3.05, 3.63) is 35.4 Å². The number of rotatable bonds is 9. The molecule has 0 fully saturated rings. The van der Waals surface area contributed by atoms with Gasteiger partial charge in [0.05, 0.1) is 12.2 Å². The zero-order valence-corrected chi connectivity index (χ0v) is 12.2. The van der Waals surface area contributed by atoms with Crippen LogP contribution in [0.5, 0.6) is 0 Å². The number of unbranched alkanes of at least 4 members (excludes halogenated alkanes) is 1. The highest BCUT2D eigenvalue weighted by molar-refractivity contribution is 5.87. The van der Waals surface area contributed by atoms with Crippen LogP contribution in [0.25, 0.3) is 0 Å². The number of hydrogen-bond acceptors (Lipinski definition) is 3. The minimum absolute atomic E-state index is 0.207. The molecule has 1 aromatic carbocycles. The molecule has 21 heavy (non-hydrogen) atoms. The molecule has 0 spiro atoms. The third-order valence-corrected chi connectivity index (χ3v) is 2.80. The van der Waals surface area contributed by atoms with Gasteiger partial charge in [0.15, 0.2) is 0 Å². The molecule has 2 amide bonds. The zero-order chi connectivity index (χ0) is 15.5. The van der Waals surface area contributed by atoms with Crippen LogP contribution in [0, 0.1) is 0 Å². The standard InChI is InChI=1S/C15H22N2O4/c1-2-3-8-21-9-7-16-15(20)17-11-12-5-4-6-13(10-12)14(18)19/h4-6,10H,2-3,7-9,11H2,1H3,(H,18,19)(H2,16,17,20). The van der Waals surface area contributed by atoms with Crippen molar-refractivity contribution < 1.29 is 19.4 Å². The van der Waals surface area contributed by atoms with Gasteiger partial charge < -0.3 is 20.5 Å². The predicted molar refractivity (Wildman–Crippen MR) is 79.4 cm³/mol. The van der Waals surface area contributed by atoms with E-state index >= 15 is 0 Å². The van der Waals surface area contributed by atoms with Gasteiger partial charge >= 0.3 is 12.0 Å². The van der Waals surface area contributed by atoms with Crippen molar-refractivity contribution in [1.82, 2.24) is 10.6 Å². The van der Waals surface area contributed by atoms with Crippen molar-refractivity contribution in [2.24, 2.45) is 0 Å². The molecule has 0 atom stereocenters. The summed E-state index contributed by atoms with van der Waals surface area (Å²) in [6.45, 7) is 4.02. The summed E-state index contributed by atoms with van der Waals surface area (Å²) in [7, 11) is 0. The molecule has 6 heteroatoms. The number of hydrogen-bond donors (Lipinski definition) is 3. The van der Waals surface area contributed by atoms with Crippen LogP contribution < -0.4 is 10.6 Å². The van der Waals surface area contributed by atoms with E-state index in [9.17, 15) is 9.59 Å². The molecule has 0 saturated heterocycles. The molecule has 0 aromatic heterocycles. The number of nitrogens with one attached hydrogen (secondary N) is 2. The van der Waals surface area contributed by atoms with Gasteiger partial charge in [-0.25, -0.2) is 9.59 Å². The van der Waals surface area contributed by atoms with E-state index in [-0.39, 0.29) is 18.1 Å². The Balaban J connectivity index is 2.21. The van der Waals surface area contributed by atoms with Crippen molar-refractivity contribution in [3.63, 3.8) is 0 Å². The first kappa shape index (κ1) is 17.0. The lowest BCUT2D eigenvalue weighted by atomic mass is 10.1. The molecule has 116 valence electrons. The summed E-state index contributed by atoms with van der Waals surface area (Å²) in [6.07, 6.45) is 2.11. The molecule has 1 rings (SSSR count). The second kappa shape index (κ2) is 9.77. The normalized spacial score (nSPS) is 10.1. The van der Waals surface area contributed by atoms with Gasteiger partial charge in [0.25, 0.3) is 0 Å². The molecule has 0 bridgehead atoms. The molecule has 0 unspecified atom stereocenters. The second-order valence-corrected chi connectivity index (χ2v) is 4.58. The Morgan fingerprint density at radius 1 is 1.24 bits per heavy atom. The van der Waals surface area contributed by atoms with E-state index in [1.54, 1.807) is 12.1 Å². The lowest BCUT2D eigenvalue weighted by Gasteiger charge is -2.08. The Kier molecular flexibility index (Phi) is 7.89. The molecule has 0 aliphatic heterocycles. The first-order chi connectivity index (χ1) is 10.1. The van der Waals surface area contributed by atoms with Crippen molar-refractivity contribution >= 4 is 12.0 Å². The molecule has 0 aliphatic rings. The Morgan fingerprint density at radius 3 is 2.76 bits per heavy atom. The maximum atomic E-state index is 11.5. The van der Waals surface area contributed by atoms with E-state index in [4.69, 9.17) is 9.84 Å². The number of aromatic carboxylic acids is 1. The van der Waals surface area contributed by atoms with Crippen molar-refractivity contribution in [3.8, 4) is 0 Å². The number of urea groups is 1. The Labute approximate surface area is 124 Å². The molecular formula is C15H22N2O4. The molecule has 0 heterocycles. The predicted octanol–water partition coefficient (Wildman–Crippen LogP) is 2.00. The number of carbonyl (C=O) groups is 2. The molecule has 0 aliphatic carbocycles.